The Morgan fingerprint density at radius 2 is 1.98 bits per heavy atom. The van der Waals surface area contributed by atoms with Crippen LogP contribution in [0, 0.1) is 0 Å². The van der Waals surface area contributed by atoms with Crippen LogP contribution in [0.3, 0.4) is 0 Å². The number of halogens is 3. The summed E-state index contributed by atoms with van der Waals surface area (Å²) in [5.41, 5.74) is -0.197. The number of nitrogens with one attached hydrogen (secondary N) is 3. The van der Waals surface area contributed by atoms with Crippen molar-refractivity contribution in [1.82, 2.24) is 25.4 Å². The predicted octanol–water partition coefficient (Wildman–Crippen LogP) is 4.15. The van der Waals surface area contributed by atoms with Crippen molar-refractivity contribution in [1.29, 1.82) is 0 Å². The van der Waals surface area contributed by atoms with E-state index in [1.165, 1.54) is 6.07 Å². The van der Waals surface area contributed by atoms with Gasteiger partial charge in [-0.25, -0.2) is 14.5 Å². The average molecular weight is 665 g/mol. The van der Waals surface area contributed by atoms with Gasteiger partial charge >= 0.3 is 12.1 Å². The van der Waals surface area contributed by atoms with Gasteiger partial charge in [0.1, 0.15) is 10.9 Å². The maximum Gasteiger partial charge on any atom is 0.435 e. The first-order valence-electron chi connectivity index (χ1n) is 13.7. The molecule has 45 heavy (non-hydrogen) atoms. The van der Waals surface area contributed by atoms with Crippen LogP contribution in [-0.2, 0) is 31.7 Å². The van der Waals surface area contributed by atoms with Gasteiger partial charge in [-0.3, -0.25) is 14.4 Å². The number of thiophene rings is 1. The van der Waals surface area contributed by atoms with E-state index >= 15 is 0 Å². The SMILES string of the molecule is COC(=O)C(CNC(=O)c1cccs1)NC(=O)c1sc(NC(=O)Cc2cccc3c2cnn3C2CCCCO2)nc1C(F)(F)F. The zero-order valence-corrected chi connectivity index (χ0v) is 25.3. The maximum absolute atomic E-state index is 13.9. The molecule has 3 aromatic heterocycles. The molecule has 1 aliphatic rings. The molecule has 12 nitrogen and oxygen atoms in total. The maximum atomic E-state index is 13.9. The molecular weight excluding hydrogens is 637 g/mol. The third-order valence-corrected chi connectivity index (χ3v) is 8.70. The number of hydrogen-bond donors (Lipinski definition) is 3. The Labute approximate surface area is 261 Å². The number of nitrogens with zero attached hydrogens (tertiary/aromatic N) is 3. The summed E-state index contributed by atoms with van der Waals surface area (Å²) in [6.45, 7) is 0.172. The molecule has 0 saturated carbocycles. The monoisotopic (exact) mass is 664 g/mol. The number of methoxy groups -OCH3 is 1. The summed E-state index contributed by atoms with van der Waals surface area (Å²) in [6.07, 6.45) is -1.10. The van der Waals surface area contributed by atoms with Gasteiger partial charge in [-0.05, 0) is 42.3 Å². The van der Waals surface area contributed by atoms with Crippen molar-refractivity contribution >= 4 is 62.4 Å². The average Bonchev–Trinajstić information content (AvgIpc) is 3.79. The summed E-state index contributed by atoms with van der Waals surface area (Å²) in [5, 5.41) is 13.3. The number of alkyl halides is 3. The van der Waals surface area contributed by atoms with Gasteiger partial charge in [0, 0.05) is 18.5 Å². The van der Waals surface area contributed by atoms with E-state index in [1.807, 2.05) is 6.07 Å². The van der Waals surface area contributed by atoms with E-state index in [2.05, 4.69) is 30.8 Å². The molecule has 1 aliphatic heterocycles. The molecule has 3 amide bonds. The highest BCUT2D eigenvalue weighted by Crippen LogP contribution is 2.36. The zero-order valence-electron chi connectivity index (χ0n) is 23.7. The Morgan fingerprint density at radius 3 is 2.67 bits per heavy atom. The van der Waals surface area contributed by atoms with Crippen LogP contribution in [0.15, 0.2) is 41.9 Å². The standard InChI is InChI=1S/C28H27F3N6O6S2/c1-42-26(41)17(14-32-24(39)19-8-5-11-44-19)34-25(40)22-23(28(29,30)31)36-27(45-22)35-20(38)12-15-6-4-7-18-16(15)13-33-37(18)21-9-2-3-10-43-21/h4-8,11,13,17,21H,2-3,9-10,12,14H2,1H3,(H,32,39)(H,34,40)(H,35,36,38). The third-order valence-electron chi connectivity index (χ3n) is 6.86. The molecule has 5 rings (SSSR count). The second-order valence-electron chi connectivity index (χ2n) is 9.92. The number of amides is 3. The van der Waals surface area contributed by atoms with Crippen LogP contribution in [0.25, 0.3) is 10.9 Å². The summed E-state index contributed by atoms with van der Waals surface area (Å²) in [6, 6.07) is 6.97. The van der Waals surface area contributed by atoms with Crippen LogP contribution in [0.4, 0.5) is 18.3 Å². The molecule has 1 aromatic carbocycles. The quantitative estimate of drug-likeness (QED) is 0.214. The van der Waals surface area contributed by atoms with Gasteiger partial charge in [-0.1, -0.05) is 29.5 Å². The van der Waals surface area contributed by atoms with Crippen molar-refractivity contribution in [2.75, 3.05) is 25.6 Å². The minimum Gasteiger partial charge on any atom is -0.467 e. The molecule has 0 radical (unpaired) electrons. The van der Waals surface area contributed by atoms with Crippen molar-refractivity contribution in [3.63, 3.8) is 0 Å². The fourth-order valence-corrected chi connectivity index (χ4v) is 6.28. The number of benzene rings is 1. The van der Waals surface area contributed by atoms with Gasteiger partial charge < -0.3 is 25.4 Å². The summed E-state index contributed by atoms with van der Waals surface area (Å²) >= 11 is 1.43. The number of ether oxygens (including phenoxy) is 2. The molecule has 238 valence electrons. The van der Waals surface area contributed by atoms with E-state index in [9.17, 15) is 32.3 Å². The van der Waals surface area contributed by atoms with E-state index in [-0.39, 0.29) is 12.6 Å². The highest BCUT2D eigenvalue weighted by molar-refractivity contribution is 7.17. The molecule has 2 unspecified atom stereocenters. The lowest BCUT2D eigenvalue weighted by atomic mass is 10.1. The first-order valence-corrected chi connectivity index (χ1v) is 15.4. The van der Waals surface area contributed by atoms with Gasteiger partial charge in [-0.15, -0.1) is 11.3 Å². The predicted molar refractivity (Wildman–Crippen MR) is 158 cm³/mol. The van der Waals surface area contributed by atoms with Crippen LogP contribution in [-0.4, -0.2) is 64.8 Å². The van der Waals surface area contributed by atoms with Crippen molar-refractivity contribution in [2.24, 2.45) is 0 Å². The molecule has 4 aromatic rings. The molecule has 1 saturated heterocycles. The Morgan fingerprint density at radius 1 is 1.16 bits per heavy atom. The second kappa shape index (κ2) is 13.7. The molecular formula is C28H27F3N6O6S2. The van der Waals surface area contributed by atoms with E-state index in [0.717, 1.165) is 43.2 Å². The number of aromatic nitrogens is 3. The van der Waals surface area contributed by atoms with Gasteiger partial charge in [0.2, 0.25) is 5.91 Å². The minimum atomic E-state index is -5.05. The number of thiazole rings is 1. The van der Waals surface area contributed by atoms with Gasteiger partial charge in [0.05, 0.1) is 30.1 Å². The second-order valence-corrected chi connectivity index (χ2v) is 11.9. The van der Waals surface area contributed by atoms with Gasteiger partial charge in [0.25, 0.3) is 11.8 Å². The normalized spacial score (nSPS) is 15.8. The number of carbonyl (C=O) groups excluding carboxylic acids is 4. The molecule has 4 heterocycles. The lowest BCUT2D eigenvalue weighted by molar-refractivity contribution is -0.142. The van der Waals surface area contributed by atoms with Gasteiger partial charge in [0.15, 0.2) is 17.1 Å². The molecule has 2 atom stereocenters. The summed E-state index contributed by atoms with van der Waals surface area (Å²) in [7, 11) is 1.03. The first kappa shape index (κ1) is 32.1. The number of fused-ring (bicyclic) bond motifs is 1. The number of hydrogen-bond acceptors (Lipinski definition) is 10. The van der Waals surface area contributed by atoms with E-state index in [4.69, 9.17) is 4.74 Å². The number of anilines is 1. The van der Waals surface area contributed by atoms with Gasteiger partial charge in [-0.2, -0.15) is 18.3 Å². The highest BCUT2D eigenvalue weighted by Gasteiger charge is 2.40. The van der Waals surface area contributed by atoms with Crippen LogP contribution in [0.2, 0.25) is 0 Å². The van der Waals surface area contributed by atoms with E-state index in [0.29, 0.717) is 33.8 Å². The number of rotatable bonds is 10. The van der Waals surface area contributed by atoms with Crippen molar-refractivity contribution < 1.29 is 41.8 Å². The van der Waals surface area contributed by atoms with Crippen LogP contribution in [0.1, 0.15) is 56.1 Å². The fourth-order valence-electron chi connectivity index (χ4n) is 4.74. The Hall–Kier alpha value is -4.35. The summed E-state index contributed by atoms with van der Waals surface area (Å²) < 4.78 is 53.9. The molecule has 3 N–H and O–H groups in total. The van der Waals surface area contributed by atoms with Crippen LogP contribution < -0.4 is 16.0 Å². The van der Waals surface area contributed by atoms with Crippen molar-refractivity contribution in [3.8, 4) is 0 Å². The molecule has 17 heteroatoms. The Bertz CT molecular complexity index is 1700. The lowest BCUT2D eigenvalue weighted by Gasteiger charge is -2.23. The largest absolute Gasteiger partial charge is 0.467 e. The highest BCUT2D eigenvalue weighted by atomic mass is 32.1. The smallest absolute Gasteiger partial charge is 0.435 e. The Kier molecular flexibility index (Phi) is 9.79. The lowest BCUT2D eigenvalue weighted by Crippen LogP contribution is -2.49. The van der Waals surface area contributed by atoms with E-state index in [1.54, 1.807) is 34.5 Å². The van der Waals surface area contributed by atoms with Crippen molar-refractivity contribution in [3.05, 3.63) is 62.9 Å². The Balaban J connectivity index is 1.30. The molecule has 0 bridgehead atoms. The molecule has 1 fully saturated rings. The van der Waals surface area contributed by atoms with Crippen LogP contribution in [0.5, 0.6) is 0 Å². The van der Waals surface area contributed by atoms with Crippen LogP contribution >= 0.6 is 22.7 Å². The number of carbonyl (C=O) groups is 4. The summed E-state index contributed by atoms with van der Waals surface area (Å²) in [5.74, 6) is -3.49. The first-order chi connectivity index (χ1) is 21.5. The third kappa shape index (κ3) is 7.49. The number of esters is 1. The summed E-state index contributed by atoms with van der Waals surface area (Å²) in [4.78, 5) is 53.4. The van der Waals surface area contributed by atoms with E-state index < -0.39 is 58.2 Å². The fraction of sp³-hybridized carbons (Fsp3) is 0.357. The van der Waals surface area contributed by atoms with Crippen molar-refractivity contribution in [2.45, 2.75) is 44.1 Å². The minimum absolute atomic E-state index is 0.203. The molecule has 0 aliphatic carbocycles. The topological polar surface area (TPSA) is 154 Å². The zero-order chi connectivity index (χ0) is 32.1. The molecule has 0 spiro atoms.